The number of rotatable bonds is 31. The molecule has 46 heavy (non-hydrogen) atoms. The summed E-state index contributed by atoms with van der Waals surface area (Å²) in [5.74, 6) is 1.44. The second kappa shape index (κ2) is 30.4. The maximum Gasteiger partial charge on any atom is 0.220 e. The van der Waals surface area contributed by atoms with Gasteiger partial charge in [0.15, 0.2) is 0 Å². The van der Waals surface area contributed by atoms with E-state index < -0.39 is 0 Å². The van der Waals surface area contributed by atoms with Crippen LogP contribution in [-0.2, 0) is 9.59 Å². The van der Waals surface area contributed by atoms with Crippen LogP contribution in [0.4, 0.5) is 0 Å². The van der Waals surface area contributed by atoms with Gasteiger partial charge in [0.1, 0.15) is 0 Å². The molecular weight excluding hydrogens is 568 g/mol. The van der Waals surface area contributed by atoms with E-state index in [0.717, 1.165) is 32.1 Å². The molecule has 2 atom stereocenters. The van der Waals surface area contributed by atoms with Crippen LogP contribution in [0.2, 0.25) is 0 Å². The van der Waals surface area contributed by atoms with Crippen LogP contribution in [0.5, 0.6) is 0 Å². The summed E-state index contributed by atoms with van der Waals surface area (Å²) in [6.07, 6.45) is 38.2. The number of hydrogen-bond acceptors (Lipinski definition) is 4. The van der Waals surface area contributed by atoms with Crippen LogP contribution in [0.1, 0.15) is 168 Å². The summed E-state index contributed by atoms with van der Waals surface area (Å²) in [5.41, 5.74) is 14.5. The van der Waals surface area contributed by atoms with E-state index in [1.807, 2.05) is 0 Å². The molecule has 0 saturated heterocycles. The Kier molecular flexibility index (Phi) is 27.8. The highest BCUT2D eigenvalue weighted by molar-refractivity contribution is 5.76. The van der Waals surface area contributed by atoms with E-state index in [2.05, 4.69) is 48.8 Å². The second-order valence-corrected chi connectivity index (χ2v) is 13.5. The van der Waals surface area contributed by atoms with Gasteiger partial charge in [-0.15, -0.1) is 0 Å². The normalized spacial score (nSPS) is 16.4. The average Bonchev–Trinajstić information content (AvgIpc) is 3.06. The van der Waals surface area contributed by atoms with Gasteiger partial charge < -0.3 is 22.1 Å². The highest BCUT2D eigenvalue weighted by Gasteiger charge is 2.24. The minimum absolute atomic E-state index is 0.136. The Hall–Kier alpha value is -1.92. The highest BCUT2D eigenvalue weighted by Crippen LogP contribution is 2.39. The third kappa shape index (κ3) is 21.8. The molecule has 0 spiro atoms. The van der Waals surface area contributed by atoms with Crippen molar-refractivity contribution in [2.45, 2.75) is 168 Å². The molecule has 0 bridgehead atoms. The molecule has 1 rings (SSSR count). The standard InChI is InChI=1S/C40H74N4O2/c1-3-5-7-9-13-19-25-37-35(23-17-8-6-4-2)29-30-36(24-18-12-10-15-21-27-39(45)43-33-31-41)38(37)26-20-14-11-16-22-28-40(46)44-34-32-42/h13,19,29-30,35-36H,3-12,14-18,20-28,31-34,41-42H2,1-2H3,(H,43,45)(H,44,46)/b19-13+. The van der Waals surface area contributed by atoms with Crippen molar-refractivity contribution >= 4 is 11.8 Å². The maximum atomic E-state index is 11.9. The van der Waals surface area contributed by atoms with Crippen molar-refractivity contribution in [3.63, 3.8) is 0 Å². The van der Waals surface area contributed by atoms with E-state index in [4.69, 9.17) is 11.5 Å². The molecule has 0 heterocycles. The first-order chi connectivity index (χ1) is 22.6. The van der Waals surface area contributed by atoms with Crippen molar-refractivity contribution in [3.8, 4) is 0 Å². The fraction of sp³-hybridized carbons (Fsp3) is 0.800. The van der Waals surface area contributed by atoms with Crippen LogP contribution in [0.25, 0.3) is 0 Å². The molecule has 2 amide bonds. The van der Waals surface area contributed by atoms with Gasteiger partial charge in [0.2, 0.25) is 11.8 Å². The molecule has 2 unspecified atom stereocenters. The molecule has 0 radical (unpaired) electrons. The molecule has 0 saturated carbocycles. The van der Waals surface area contributed by atoms with Crippen molar-refractivity contribution in [3.05, 3.63) is 35.5 Å². The number of unbranched alkanes of at least 4 members (excludes halogenated alkanes) is 14. The number of nitrogens with two attached hydrogens (primary N) is 2. The lowest BCUT2D eigenvalue weighted by molar-refractivity contribution is -0.122. The fourth-order valence-electron chi connectivity index (χ4n) is 6.69. The molecule has 6 nitrogen and oxygen atoms in total. The number of carbonyl (C=O) groups excluding carboxylic acids is 2. The summed E-state index contributed by atoms with van der Waals surface area (Å²) < 4.78 is 0. The number of nitrogens with one attached hydrogen (secondary N) is 2. The maximum absolute atomic E-state index is 11.9. The van der Waals surface area contributed by atoms with Gasteiger partial charge in [0.25, 0.3) is 0 Å². The molecule has 0 aliphatic heterocycles. The van der Waals surface area contributed by atoms with Crippen LogP contribution < -0.4 is 22.1 Å². The minimum Gasteiger partial charge on any atom is -0.355 e. The Morgan fingerprint density at radius 1 is 0.609 bits per heavy atom. The second-order valence-electron chi connectivity index (χ2n) is 13.5. The van der Waals surface area contributed by atoms with Crippen LogP contribution in [0, 0.1) is 11.8 Å². The summed E-state index contributed by atoms with van der Waals surface area (Å²) >= 11 is 0. The first-order valence-corrected chi connectivity index (χ1v) is 19.6. The van der Waals surface area contributed by atoms with Gasteiger partial charge in [-0.2, -0.15) is 0 Å². The van der Waals surface area contributed by atoms with E-state index in [0.29, 0.717) is 50.9 Å². The Morgan fingerprint density at radius 2 is 1.09 bits per heavy atom. The van der Waals surface area contributed by atoms with Gasteiger partial charge in [0.05, 0.1) is 0 Å². The lowest BCUT2D eigenvalue weighted by atomic mass is 9.75. The topological polar surface area (TPSA) is 110 Å². The third-order valence-electron chi connectivity index (χ3n) is 9.43. The quantitative estimate of drug-likeness (QED) is 0.0446. The molecule has 1 aliphatic carbocycles. The SMILES string of the molecule is CCCCC/C=C/CC1=C(CCCCCCCC(=O)NCCN)C(CCCCCCCC(=O)NCCN)C=CC1CCCCCC. The summed E-state index contributed by atoms with van der Waals surface area (Å²) in [6.45, 7) is 6.74. The molecular formula is C40H74N4O2. The van der Waals surface area contributed by atoms with Crippen LogP contribution in [0.15, 0.2) is 35.5 Å². The lowest BCUT2D eigenvalue weighted by Gasteiger charge is -2.31. The van der Waals surface area contributed by atoms with Crippen molar-refractivity contribution < 1.29 is 9.59 Å². The molecule has 1 aliphatic rings. The van der Waals surface area contributed by atoms with E-state index in [1.165, 1.54) is 109 Å². The predicted octanol–water partition coefficient (Wildman–Crippen LogP) is 9.19. The van der Waals surface area contributed by atoms with Gasteiger partial charge >= 0.3 is 0 Å². The smallest absolute Gasteiger partial charge is 0.220 e. The zero-order valence-electron chi connectivity index (χ0n) is 30.2. The van der Waals surface area contributed by atoms with Crippen molar-refractivity contribution in [1.29, 1.82) is 0 Å². The van der Waals surface area contributed by atoms with Crippen molar-refractivity contribution in [2.75, 3.05) is 26.2 Å². The monoisotopic (exact) mass is 643 g/mol. The lowest BCUT2D eigenvalue weighted by Crippen LogP contribution is -2.28. The number of hydrogen-bond donors (Lipinski definition) is 4. The molecule has 0 aromatic heterocycles. The predicted molar refractivity (Wildman–Crippen MR) is 199 cm³/mol. The number of amides is 2. The summed E-state index contributed by atoms with van der Waals surface area (Å²) in [5, 5.41) is 5.76. The first-order valence-electron chi connectivity index (χ1n) is 19.6. The van der Waals surface area contributed by atoms with E-state index in [9.17, 15) is 9.59 Å². The molecule has 0 aromatic carbocycles. The Bertz CT molecular complexity index is 850. The fourth-order valence-corrected chi connectivity index (χ4v) is 6.69. The third-order valence-corrected chi connectivity index (χ3v) is 9.43. The van der Waals surface area contributed by atoms with Gasteiger partial charge in [-0.05, 0) is 69.6 Å². The van der Waals surface area contributed by atoms with E-state index in [-0.39, 0.29) is 11.8 Å². The zero-order chi connectivity index (χ0) is 33.5. The van der Waals surface area contributed by atoms with Gasteiger partial charge in [-0.1, -0.05) is 133 Å². The van der Waals surface area contributed by atoms with E-state index >= 15 is 0 Å². The Balaban J connectivity index is 2.79. The van der Waals surface area contributed by atoms with Crippen molar-refractivity contribution in [2.24, 2.45) is 23.3 Å². The molecule has 6 heteroatoms. The van der Waals surface area contributed by atoms with E-state index in [1.54, 1.807) is 11.1 Å². The van der Waals surface area contributed by atoms with Gasteiger partial charge in [0, 0.05) is 39.0 Å². The number of carbonyl (C=O) groups is 2. The van der Waals surface area contributed by atoms with Crippen LogP contribution in [-0.4, -0.2) is 38.0 Å². The van der Waals surface area contributed by atoms with Gasteiger partial charge in [-0.25, -0.2) is 0 Å². The minimum atomic E-state index is 0.136. The van der Waals surface area contributed by atoms with Crippen LogP contribution >= 0.6 is 0 Å². The Morgan fingerprint density at radius 3 is 1.65 bits per heavy atom. The molecule has 0 fully saturated rings. The van der Waals surface area contributed by atoms with Crippen LogP contribution in [0.3, 0.4) is 0 Å². The summed E-state index contributed by atoms with van der Waals surface area (Å²) in [4.78, 5) is 23.7. The molecule has 266 valence electrons. The zero-order valence-corrected chi connectivity index (χ0v) is 30.2. The molecule has 0 aromatic rings. The Labute approximate surface area is 284 Å². The highest BCUT2D eigenvalue weighted by atomic mass is 16.2. The first kappa shape index (κ1) is 42.1. The van der Waals surface area contributed by atoms with Gasteiger partial charge in [-0.3, -0.25) is 9.59 Å². The number of allylic oxidation sites excluding steroid dienone is 6. The van der Waals surface area contributed by atoms with Crippen molar-refractivity contribution in [1.82, 2.24) is 10.6 Å². The largest absolute Gasteiger partial charge is 0.355 e. The summed E-state index contributed by atoms with van der Waals surface area (Å²) in [6, 6.07) is 0. The average molecular weight is 643 g/mol. The summed E-state index contributed by atoms with van der Waals surface area (Å²) in [7, 11) is 0. The molecule has 6 N–H and O–H groups in total.